The predicted octanol–water partition coefficient (Wildman–Crippen LogP) is 4.44. The molecular formula is C23H30N6OS2. The Balaban J connectivity index is 1.67. The van der Waals surface area contributed by atoms with Gasteiger partial charge in [-0.2, -0.15) is 10.5 Å². The minimum Gasteiger partial charge on any atom is -0.340 e. The summed E-state index contributed by atoms with van der Waals surface area (Å²) in [7, 11) is 1.93. The molecule has 7 nitrogen and oxygen atoms in total. The zero-order valence-electron chi connectivity index (χ0n) is 19.2. The number of aryl methyl sites for hydroxylation is 1. The minimum atomic E-state index is -0.0927. The van der Waals surface area contributed by atoms with Crippen LogP contribution in [-0.2, 0) is 24.7 Å². The van der Waals surface area contributed by atoms with Crippen molar-refractivity contribution in [2.45, 2.75) is 58.0 Å². The first-order valence-corrected chi connectivity index (χ1v) is 12.7. The molecule has 9 heteroatoms. The summed E-state index contributed by atoms with van der Waals surface area (Å²) in [6.07, 6.45) is 3.98. The van der Waals surface area contributed by atoms with Crippen LogP contribution in [0.5, 0.6) is 0 Å². The number of fused-ring (bicyclic) bond motifs is 1. The minimum absolute atomic E-state index is 0.0927. The van der Waals surface area contributed by atoms with E-state index in [0.717, 1.165) is 23.5 Å². The van der Waals surface area contributed by atoms with E-state index < -0.39 is 0 Å². The molecule has 2 aromatic rings. The van der Waals surface area contributed by atoms with Gasteiger partial charge in [0.2, 0.25) is 5.91 Å². The normalized spacial score (nSPS) is 15.6. The molecule has 0 bridgehead atoms. The first-order chi connectivity index (χ1) is 15.2. The third kappa shape index (κ3) is 5.70. The summed E-state index contributed by atoms with van der Waals surface area (Å²) in [5.41, 5.74) is 1.75. The van der Waals surface area contributed by atoms with E-state index >= 15 is 0 Å². The molecule has 0 N–H and O–H groups in total. The van der Waals surface area contributed by atoms with Crippen LogP contribution >= 0.6 is 23.1 Å². The van der Waals surface area contributed by atoms with Gasteiger partial charge in [0.15, 0.2) is 11.0 Å². The van der Waals surface area contributed by atoms with Crippen LogP contribution in [0.1, 0.15) is 50.5 Å². The van der Waals surface area contributed by atoms with Crippen LogP contribution in [0.3, 0.4) is 0 Å². The molecule has 0 spiro atoms. The maximum Gasteiger partial charge on any atom is 0.233 e. The van der Waals surface area contributed by atoms with Crippen molar-refractivity contribution in [1.82, 2.24) is 19.7 Å². The number of hydrogen-bond acceptors (Lipinski definition) is 7. The average Bonchev–Trinajstić information content (AvgIpc) is 3.33. The Morgan fingerprint density at radius 2 is 1.97 bits per heavy atom. The first kappa shape index (κ1) is 24.3. The van der Waals surface area contributed by atoms with Crippen molar-refractivity contribution in [2.75, 3.05) is 18.8 Å². The van der Waals surface area contributed by atoms with Crippen LogP contribution in [0.4, 0.5) is 0 Å². The van der Waals surface area contributed by atoms with E-state index in [-0.39, 0.29) is 24.5 Å². The average molecular weight is 471 g/mol. The van der Waals surface area contributed by atoms with Gasteiger partial charge >= 0.3 is 0 Å². The van der Waals surface area contributed by atoms with Gasteiger partial charge in [0.25, 0.3) is 0 Å². The second-order valence-electron chi connectivity index (χ2n) is 9.22. The summed E-state index contributed by atoms with van der Waals surface area (Å²) in [6, 6.07) is 6.38. The lowest BCUT2D eigenvalue weighted by atomic mass is 9.72. The summed E-state index contributed by atoms with van der Waals surface area (Å²) in [5, 5.41) is 27.0. The molecule has 1 aliphatic rings. The van der Waals surface area contributed by atoms with Crippen LogP contribution in [0, 0.1) is 34.0 Å². The second-order valence-corrected chi connectivity index (χ2v) is 11.3. The molecule has 2 heterocycles. The molecule has 0 radical (unpaired) electrons. The standard InChI is InChI=1S/C23H30N6OS2/c1-23(2,3)17-7-8-18-16(13-17)14-19(32-18)21-26-27-22(28(21)4)31-15-20(30)29(11-5-9-24)12-6-10-25/h14,17H,5-8,11-13,15H2,1-4H3. The SMILES string of the molecule is Cn1c(SCC(=O)N(CCC#N)CCC#N)nnc1-c1cc2c(s1)CCC(C(C)(C)C)C2. The van der Waals surface area contributed by atoms with Crippen LogP contribution in [0.15, 0.2) is 11.2 Å². The fourth-order valence-corrected chi connectivity index (χ4v) is 6.02. The van der Waals surface area contributed by atoms with Gasteiger partial charge in [-0.15, -0.1) is 21.5 Å². The number of aromatic nitrogens is 3. The highest BCUT2D eigenvalue weighted by molar-refractivity contribution is 7.99. The highest BCUT2D eigenvalue weighted by atomic mass is 32.2. The molecule has 1 unspecified atom stereocenters. The molecular weight excluding hydrogens is 440 g/mol. The molecule has 0 aliphatic heterocycles. The smallest absolute Gasteiger partial charge is 0.233 e. The lowest BCUT2D eigenvalue weighted by molar-refractivity contribution is -0.128. The van der Waals surface area contributed by atoms with Gasteiger partial charge in [0.1, 0.15) is 0 Å². The summed E-state index contributed by atoms with van der Waals surface area (Å²) < 4.78 is 1.95. The van der Waals surface area contributed by atoms with Gasteiger partial charge in [-0.3, -0.25) is 4.79 Å². The van der Waals surface area contributed by atoms with Gasteiger partial charge in [0.05, 0.1) is 35.6 Å². The predicted molar refractivity (Wildman–Crippen MR) is 127 cm³/mol. The Morgan fingerprint density at radius 3 is 2.59 bits per heavy atom. The molecule has 2 aromatic heterocycles. The van der Waals surface area contributed by atoms with Gasteiger partial charge < -0.3 is 9.47 Å². The fraction of sp³-hybridized carbons (Fsp3) is 0.609. The lowest BCUT2D eigenvalue weighted by Gasteiger charge is -2.33. The monoisotopic (exact) mass is 470 g/mol. The van der Waals surface area contributed by atoms with Crippen LogP contribution in [0.25, 0.3) is 10.7 Å². The number of nitrogens with zero attached hydrogens (tertiary/aromatic N) is 6. The molecule has 0 fully saturated rings. The third-order valence-electron chi connectivity index (χ3n) is 6.03. The van der Waals surface area contributed by atoms with Crippen molar-refractivity contribution in [3.05, 3.63) is 16.5 Å². The Labute approximate surface area is 198 Å². The molecule has 1 atom stereocenters. The van der Waals surface area contributed by atoms with Crippen molar-refractivity contribution in [2.24, 2.45) is 18.4 Å². The van der Waals surface area contributed by atoms with Crippen molar-refractivity contribution in [1.29, 1.82) is 10.5 Å². The molecule has 1 amide bonds. The quantitative estimate of drug-likeness (QED) is 0.529. The van der Waals surface area contributed by atoms with E-state index in [4.69, 9.17) is 10.5 Å². The first-order valence-electron chi connectivity index (χ1n) is 10.9. The van der Waals surface area contributed by atoms with Crippen molar-refractivity contribution >= 4 is 29.0 Å². The maximum atomic E-state index is 12.6. The van der Waals surface area contributed by atoms with Gasteiger partial charge in [-0.05, 0) is 42.2 Å². The Bertz CT molecular complexity index is 1020. The van der Waals surface area contributed by atoms with E-state index in [0.29, 0.717) is 29.6 Å². The van der Waals surface area contributed by atoms with Crippen LogP contribution < -0.4 is 0 Å². The number of amides is 1. The van der Waals surface area contributed by atoms with E-state index in [9.17, 15) is 4.79 Å². The van der Waals surface area contributed by atoms with Crippen molar-refractivity contribution < 1.29 is 4.79 Å². The molecule has 3 rings (SSSR count). The molecule has 0 saturated carbocycles. The zero-order chi connectivity index (χ0) is 23.3. The number of carbonyl (C=O) groups is 1. The lowest BCUT2D eigenvalue weighted by Crippen LogP contribution is -2.34. The molecule has 170 valence electrons. The van der Waals surface area contributed by atoms with E-state index in [2.05, 4.69) is 49.2 Å². The largest absolute Gasteiger partial charge is 0.340 e. The van der Waals surface area contributed by atoms with Crippen LogP contribution in [-0.4, -0.2) is 44.4 Å². The highest BCUT2D eigenvalue weighted by Crippen LogP contribution is 2.42. The zero-order valence-corrected chi connectivity index (χ0v) is 20.9. The van der Waals surface area contributed by atoms with Crippen molar-refractivity contribution in [3.8, 4) is 22.8 Å². The Morgan fingerprint density at radius 1 is 1.28 bits per heavy atom. The topological polar surface area (TPSA) is 98.6 Å². The highest BCUT2D eigenvalue weighted by Gasteiger charge is 2.30. The summed E-state index contributed by atoms with van der Waals surface area (Å²) >= 11 is 3.15. The van der Waals surface area contributed by atoms with E-state index in [1.54, 1.807) is 4.90 Å². The van der Waals surface area contributed by atoms with Crippen LogP contribution in [0.2, 0.25) is 0 Å². The number of hydrogen-bond donors (Lipinski definition) is 0. The van der Waals surface area contributed by atoms with Gasteiger partial charge in [-0.25, -0.2) is 0 Å². The summed E-state index contributed by atoms with van der Waals surface area (Å²) in [6.45, 7) is 7.66. The number of thiophene rings is 1. The molecule has 32 heavy (non-hydrogen) atoms. The number of thioether (sulfide) groups is 1. The molecule has 1 aliphatic carbocycles. The third-order valence-corrected chi connectivity index (χ3v) is 8.27. The summed E-state index contributed by atoms with van der Waals surface area (Å²) in [4.78, 5) is 16.8. The molecule has 0 saturated heterocycles. The molecule has 0 aromatic carbocycles. The van der Waals surface area contributed by atoms with E-state index in [1.165, 1.54) is 28.6 Å². The van der Waals surface area contributed by atoms with Gasteiger partial charge in [-0.1, -0.05) is 32.5 Å². The summed E-state index contributed by atoms with van der Waals surface area (Å²) in [5.74, 6) is 1.64. The Hall–Kier alpha value is -2.36. The number of carbonyl (C=O) groups excluding carboxylic acids is 1. The van der Waals surface area contributed by atoms with Gasteiger partial charge in [0, 0.05) is 25.0 Å². The number of rotatable bonds is 8. The fourth-order valence-electron chi connectivity index (χ4n) is 3.98. The number of nitriles is 2. The maximum absolute atomic E-state index is 12.6. The van der Waals surface area contributed by atoms with E-state index in [1.807, 2.05) is 23.0 Å². The Kier molecular flexibility index (Phi) is 7.97. The van der Waals surface area contributed by atoms with Crippen molar-refractivity contribution in [3.63, 3.8) is 0 Å². The second kappa shape index (κ2) is 10.5.